The largest absolute Gasteiger partial charge is 0.465 e. The van der Waals surface area contributed by atoms with E-state index in [4.69, 9.17) is 4.74 Å². The number of benzene rings is 1. The Morgan fingerprint density at radius 2 is 2.05 bits per heavy atom. The minimum Gasteiger partial charge on any atom is -0.465 e. The van der Waals surface area contributed by atoms with Crippen molar-refractivity contribution in [3.05, 3.63) is 33.8 Å². The van der Waals surface area contributed by atoms with Crippen LogP contribution in [0.25, 0.3) is 0 Å². The third kappa shape index (κ3) is 4.06. The molecule has 1 N–H and O–H groups in total. The number of carbonyl (C=O) groups excluding carboxylic acids is 1. The van der Waals surface area contributed by atoms with Crippen LogP contribution in [0.2, 0.25) is 0 Å². The molecule has 0 aliphatic heterocycles. The van der Waals surface area contributed by atoms with E-state index < -0.39 is 0 Å². The number of hydrogen-bond acceptors (Lipinski definition) is 3. The zero-order valence-electron chi connectivity index (χ0n) is 12.1. The Balaban J connectivity index is 1.91. The molecule has 20 heavy (non-hydrogen) atoms. The van der Waals surface area contributed by atoms with Gasteiger partial charge < -0.3 is 10.1 Å². The molecule has 0 saturated heterocycles. The molecule has 0 amide bonds. The molecule has 1 saturated carbocycles. The number of nitrogens with one attached hydrogen (secondary N) is 1. The van der Waals surface area contributed by atoms with Crippen LogP contribution in [0.1, 0.15) is 48.5 Å². The van der Waals surface area contributed by atoms with E-state index in [-0.39, 0.29) is 5.97 Å². The highest BCUT2D eigenvalue weighted by Gasteiger charge is 2.18. The van der Waals surface area contributed by atoms with Crippen molar-refractivity contribution in [2.24, 2.45) is 5.92 Å². The van der Waals surface area contributed by atoms with E-state index in [0.29, 0.717) is 11.6 Å². The molecule has 0 atom stereocenters. The normalized spacial score (nSPS) is 22.6. The van der Waals surface area contributed by atoms with Crippen molar-refractivity contribution < 1.29 is 9.53 Å². The van der Waals surface area contributed by atoms with Crippen LogP contribution >= 0.6 is 15.9 Å². The second-order valence-corrected chi connectivity index (χ2v) is 6.49. The molecule has 1 aliphatic rings. The van der Waals surface area contributed by atoms with Gasteiger partial charge in [-0.05, 0) is 49.3 Å². The Bertz CT molecular complexity index is 468. The van der Waals surface area contributed by atoms with Crippen LogP contribution in [-0.4, -0.2) is 19.1 Å². The van der Waals surface area contributed by atoms with Crippen LogP contribution in [0.3, 0.4) is 0 Å². The molecule has 2 rings (SSSR count). The van der Waals surface area contributed by atoms with Crippen LogP contribution < -0.4 is 5.32 Å². The Hall–Kier alpha value is -0.870. The van der Waals surface area contributed by atoms with Gasteiger partial charge in [-0.3, -0.25) is 0 Å². The van der Waals surface area contributed by atoms with E-state index in [1.165, 1.54) is 38.4 Å². The monoisotopic (exact) mass is 339 g/mol. The Morgan fingerprint density at radius 1 is 1.35 bits per heavy atom. The lowest BCUT2D eigenvalue weighted by Crippen LogP contribution is -2.32. The predicted molar refractivity (Wildman–Crippen MR) is 83.7 cm³/mol. The second kappa shape index (κ2) is 7.23. The molecular weight excluding hydrogens is 318 g/mol. The summed E-state index contributed by atoms with van der Waals surface area (Å²) in [6, 6.07) is 6.25. The first-order chi connectivity index (χ1) is 9.60. The standard InChI is InChI=1S/C16H22BrNO2/c1-11-3-7-14(8-4-11)18-10-13-6-5-12(9-15(13)17)16(19)20-2/h5-6,9,11,14,18H,3-4,7-8,10H2,1-2H3. The van der Waals surface area contributed by atoms with Gasteiger partial charge in [0.15, 0.2) is 0 Å². The van der Waals surface area contributed by atoms with Crippen molar-refractivity contribution in [1.29, 1.82) is 0 Å². The Labute approximate surface area is 129 Å². The van der Waals surface area contributed by atoms with Crippen molar-refractivity contribution in [3.63, 3.8) is 0 Å². The van der Waals surface area contributed by atoms with Gasteiger partial charge in [0.05, 0.1) is 12.7 Å². The van der Waals surface area contributed by atoms with Crippen molar-refractivity contribution in [2.75, 3.05) is 7.11 Å². The van der Waals surface area contributed by atoms with Gasteiger partial charge in [-0.15, -0.1) is 0 Å². The average Bonchev–Trinajstić information content (AvgIpc) is 2.46. The van der Waals surface area contributed by atoms with E-state index in [1.54, 1.807) is 0 Å². The van der Waals surface area contributed by atoms with Gasteiger partial charge in [0.25, 0.3) is 0 Å². The summed E-state index contributed by atoms with van der Waals surface area (Å²) in [5, 5.41) is 3.62. The van der Waals surface area contributed by atoms with Gasteiger partial charge in [0.1, 0.15) is 0 Å². The molecule has 110 valence electrons. The van der Waals surface area contributed by atoms with E-state index in [9.17, 15) is 4.79 Å². The average molecular weight is 340 g/mol. The molecule has 1 aromatic carbocycles. The molecule has 3 nitrogen and oxygen atoms in total. The third-order valence-corrected chi connectivity index (χ3v) is 4.81. The first-order valence-electron chi connectivity index (χ1n) is 7.20. The molecular formula is C16H22BrNO2. The van der Waals surface area contributed by atoms with Gasteiger partial charge in [0, 0.05) is 17.1 Å². The van der Waals surface area contributed by atoms with E-state index in [2.05, 4.69) is 28.2 Å². The summed E-state index contributed by atoms with van der Waals surface area (Å²) in [5.41, 5.74) is 1.76. The van der Waals surface area contributed by atoms with Gasteiger partial charge in [-0.2, -0.15) is 0 Å². The highest BCUT2D eigenvalue weighted by Crippen LogP contribution is 2.24. The number of esters is 1. The zero-order valence-corrected chi connectivity index (χ0v) is 13.7. The number of halogens is 1. The maximum absolute atomic E-state index is 11.5. The molecule has 0 spiro atoms. The maximum atomic E-state index is 11.5. The zero-order chi connectivity index (χ0) is 14.5. The van der Waals surface area contributed by atoms with Crippen LogP contribution in [0.4, 0.5) is 0 Å². The first kappa shape index (κ1) is 15.5. The molecule has 0 heterocycles. The number of ether oxygens (including phenoxy) is 1. The SMILES string of the molecule is COC(=O)c1ccc(CNC2CCC(C)CC2)c(Br)c1. The van der Waals surface area contributed by atoms with Crippen molar-refractivity contribution in [1.82, 2.24) is 5.32 Å². The quantitative estimate of drug-likeness (QED) is 0.845. The van der Waals surface area contributed by atoms with Crippen LogP contribution in [0.15, 0.2) is 22.7 Å². The lowest BCUT2D eigenvalue weighted by molar-refractivity contribution is 0.0600. The maximum Gasteiger partial charge on any atom is 0.337 e. The lowest BCUT2D eigenvalue weighted by Gasteiger charge is -2.27. The second-order valence-electron chi connectivity index (χ2n) is 5.64. The molecule has 0 unspecified atom stereocenters. The molecule has 1 fully saturated rings. The highest BCUT2D eigenvalue weighted by atomic mass is 79.9. The molecule has 1 aliphatic carbocycles. The highest BCUT2D eigenvalue weighted by molar-refractivity contribution is 9.10. The molecule has 0 bridgehead atoms. The van der Waals surface area contributed by atoms with Gasteiger partial charge in [0.2, 0.25) is 0 Å². The summed E-state index contributed by atoms with van der Waals surface area (Å²) in [7, 11) is 1.40. The van der Waals surface area contributed by atoms with Crippen LogP contribution in [0, 0.1) is 5.92 Å². The fraction of sp³-hybridized carbons (Fsp3) is 0.562. The van der Waals surface area contributed by atoms with Crippen molar-refractivity contribution in [3.8, 4) is 0 Å². The fourth-order valence-electron chi connectivity index (χ4n) is 2.65. The van der Waals surface area contributed by atoms with Crippen LogP contribution in [0.5, 0.6) is 0 Å². The van der Waals surface area contributed by atoms with Crippen LogP contribution in [-0.2, 0) is 11.3 Å². The van der Waals surface area contributed by atoms with E-state index in [1.807, 2.05) is 18.2 Å². The van der Waals surface area contributed by atoms with Crippen molar-refractivity contribution in [2.45, 2.75) is 45.2 Å². The molecule has 0 aromatic heterocycles. The Kier molecular flexibility index (Phi) is 5.61. The summed E-state index contributed by atoms with van der Waals surface area (Å²) in [6.45, 7) is 3.17. The Morgan fingerprint density at radius 3 is 2.65 bits per heavy atom. The topological polar surface area (TPSA) is 38.3 Å². The summed E-state index contributed by atoms with van der Waals surface area (Å²) in [6.07, 6.45) is 5.16. The number of hydrogen-bond donors (Lipinski definition) is 1. The third-order valence-electron chi connectivity index (χ3n) is 4.07. The first-order valence-corrected chi connectivity index (χ1v) is 7.99. The minimum atomic E-state index is -0.300. The van der Waals surface area contributed by atoms with E-state index >= 15 is 0 Å². The molecule has 1 aromatic rings. The van der Waals surface area contributed by atoms with Gasteiger partial charge >= 0.3 is 5.97 Å². The van der Waals surface area contributed by atoms with Gasteiger partial charge in [-0.1, -0.05) is 28.9 Å². The summed E-state index contributed by atoms with van der Waals surface area (Å²) in [4.78, 5) is 11.5. The predicted octanol–water partition coefficient (Wildman–Crippen LogP) is 3.90. The fourth-order valence-corrected chi connectivity index (χ4v) is 3.17. The summed E-state index contributed by atoms with van der Waals surface area (Å²) in [5.74, 6) is 0.575. The van der Waals surface area contributed by atoms with Gasteiger partial charge in [-0.25, -0.2) is 4.79 Å². The smallest absolute Gasteiger partial charge is 0.337 e. The number of methoxy groups -OCH3 is 1. The number of carbonyl (C=O) groups is 1. The lowest BCUT2D eigenvalue weighted by atomic mass is 9.87. The minimum absolute atomic E-state index is 0.300. The summed E-state index contributed by atoms with van der Waals surface area (Å²) < 4.78 is 5.68. The molecule has 4 heteroatoms. The summed E-state index contributed by atoms with van der Waals surface area (Å²) >= 11 is 3.53. The number of rotatable bonds is 4. The van der Waals surface area contributed by atoms with E-state index in [0.717, 1.165) is 16.9 Å². The van der Waals surface area contributed by atoms with Crippen molar-refractivity contribution >= 4 is 21.9 Å². The molecule has 0 radical (unpaired) electrons.